The van der Waals surface area contributed by atoms with Crippen molar-refractivity contribution >= 4 is 23.6 Å². The highest BCUT2D eigenvalue weighted by Gasteiger charge is 2.24. The number of nitrogens with two attached hydrogens (primary N) is 2. The third-order valence-corrected chi connectivity index (χ3v) is 5.04. The molecule has 5 nitrogen and oxygen atoms in total. The van der Waals surface area contributed by atoms with Crippen LogP contribution in [0.25, 0.3) is 0 Å². The van der Waals surface area contributed by atoms with Gasteiger partial charge in [-0.2, -0.15) is 11.8 Å². The molecule has 4 N–H and O–H groups in total. The van der Waals surface area contributed by atoms with Crippen LogP contribution in [-0.4, -0.2) is 47.9 Å². The standard InChI is InChI=1S/C13H24N4OS/c14-12(18)11-3-1-10(2-4-11)9-16-13(15)17-5-7-19-8-6-17/h10-11H,1-9H2,(H2,14,18)(H2,15,16). The molecule has 1 saturated heterocycles. The molecule has 0 radical (unpaired) electrons. The smallest absolute Gasteiger partial charge is 0.220 e. The van der Waals surface area contributed by atoms with Crippen LogP contribution in [0.15, 0.2) is 4.99 Å². The molecule has 6 heteroatoms. The van der Waals surface area contributed by atoms with Gasteiger partial charge < -0.3 is 16.4 Å². The first kappa shape index (κ1) is 14.5. The van der Waals surface area contributed by atoms with Gasteiger partial charge in [-0.1, -0.05) is 0 Å². The van der Waals surface area contributed by atoms with E-state index in [0.717, 1.165) is 56.8 Å². The van der Waals surface area contributed by atoms with E-state index >= 15 is 0 Å². The Balaban J connectivity index is 1.74. The van der Waals surface area contributed by atoms with Gasteiger partial charge in [-0.05, 0) is 31.6 Å². The molecule has 0 atom stereocenters. The molecule has 1 aliphatic heterocycles. The summed E-state index contributed by atoms with van der Waals surface area (Å²) in [6, 6.07) is 0. The number of nitrogens with zero attached hydrogens (tertiary/aromatic N) is 2. The maximum atomic E-state index is 11.1. The highest BCUT2D eigenvalue weighted by Crippen LogP contribution is 2.28. The molecule has 0 aromatic heterocycles. The summed E-state index contributed by atoms with van der Waals surface area (Å²) >= 11 is 1.97. The summed E-state index contributed by atoms with van der Waals surface area (Å²) in [6.07, 6.45) is 3.91. The van der Waals surface area contributed by atoms with Gasteiger partial charge in [0.25, 0.3) is 0 Å². The molecule has 0 bridgehead atoms. The van der Waals surface area contributed by atoms with Gasteiger partial charge in [-0.15, -0.1) is 0 Å². The Kier molecular flexibility index (Phi) is 5.36. The van der Waals surface area contributed by atoms with Gasteiger partial charge >= 0.3 is 0 Å². The molecule has 2 rings (SSSR count). The van der Waals surface area contributed by atoms with Gasteiger partial charge in [0.05, 0.1) is 0 Å². The second-order valence-corrected chi connectivity index (χ2v) is 6.64. The predicted molar refractivity (Wildman–Crippen MR) is 80.0 cm³/mol. The van der Waals surface area contributed by atoms with E-state index in [-0.39, 0.29) is 11.8 Å². The number of thioether (sulfide) groups is 1. The van der Waals surface area contributed by atoms with Crippen molar-refractivity contribution in [1.29, 1.82) is 0 Å². The van der Waals surface area contributed by atoms with Crippen LogP contribution in [0.5, 0.6) is 0 Å². The van der Waals surface area contributed by atoms with Crippen molar-refractivity contribution in [1.82, 2.24) is 4.90 Å². The van der Waals surface area contributed by atoms with E-state index in [2.05, 4.69) is 9.89 Å². The summed E-state index contributed by atoms with van der Waals surface area (Å²) in [6.45, 7) is 2.81. The van der Waals surface area contributed by atoms with Gasteiger partial charge in [0.15, 0.2) is 5.96 Å². The van der Waals surface area contributed by atoms with Gasteiger partial charge in [0.1, 0.15) is 0 Å². The lowest BCUT2D eigenvalue weighted by atomic mass is 9.82. The summed E-state index contributed by atoms with van der Waals surface area (Å²) in [5, 5.41) is 0. The number of hydrogen-bond donors (Lipinski definition) is 2. The Labute approximate surface area is 119 Å². The number of amides is 1. The van der Waals surface area contributed by atoms with E-state index in [9.17, 15) is 4.79 Å². The van der Waals surface area contributed by atoms with Crippen LogP contribution >= 0.6 is 11.8 Å². The fourth-order valence-corrected chi connectivity index (χ4v) is 3.65. The van der Waals surface area contributed by atoms with Crippen LogP contribution in [0.1, 0.15) is 25.7 Å². The Morgan fingerprint density at radius 1 is 1.16 bits per heavy atom. The first-order valence-corrected chi connectivity index (χ1v) is 8.24. The molecule has 1 amide bonds. The van der Waals surface area contributed by atoms with Gasteiger partial charge in [-0.3, -0.25) is 9.79 Å². The number of carbonyl (C=O) groups is 1. The summed E-state index contributed by atoms with van der Waals surface area (Å²) in [4.78, 5) is 17.8. The van der Waals surface area contributed by atoms with Gasteiger partial charge in [0, 0.05) is 37.1 Å². The van der Waals surface area contributed by atoms with E-state index in [1.54, 1.807) is 0 Å². The molecular weight excluding hydrogens is 260 g/mol. The molecule has 1 aliphatic carbocycles. The quantitative estimate of drug-likeness (QED) is 0.588. The summed E-state index contributed by atoms with van der Waals surface area (Å²) in [5.74, 6) is 3.47. The van der Waals surface area contributed by atoms with Crippen LogP contribution in [0.4, 0.5) is 0 Å². The van der Waals surface area contributed by atoms with E-state index in [1.807, 2.05) is 11.8 Å². The first-order chi connectivity index (χ1) is 9.16. The van der Waals surface area contributed by atoms with E-state index in [4.69, 9.17) is 11.5 Å². The monoisotopic (exact) mass is 284 g/mol. The molecule has 1 saturated carbocycles. The largest absolute Gasteiger partial charge is 0.370 e. The normalized spacial score (nSPS) is 29.3. The van der Waals surface area contributed by atoms with Crippen molar-refractivity contribution in [2.75, 3.05) is 31.1 Å². The van der Waals surface area contributed by atoms with Crippen molar-refractivity contribution in [2.24, 2.45) is 28.3 Å². The fraction of sp³-hybridized carbons (Fsp3) is 0.846. The molecular formula is C13H24N4OS. The minimum atomic E-state index is -0.146. The fourth-order valence-electron chi connectivity index (χ4n) is 2.74. The molecule has 0 aromatic rings. The highest BCUT2D eigenvalue weighted by molar-refractivity contribution is 7.99. The van der Waals surface area contributed by atoms with Crippen molar-refractivity contribution < 1.29 is 4.79 Å². The lowest BCUT2D eigenvalue weighted by molar-refractivity contribution is -0.122. The van der Waals surface area contributed by atoms with Crippen molar-refractivity contribution in [3.05, 3.63) is 0 Å². The molecule has 2 fully saturated rings. The number of guanidine groups is 1. The zero-order valence-corrected chi connectivity index (χ0v) is 12.2. The summed E-state index contributed by atoms with van der Waals surface area (Å²) in [7, 11) is 0. The molecule has 19 heavy (non-hydrogen) atoms. The maximum absolute atomic E-state index is 11.1. The minimum Gasteiger partial charge on any atom is -0.370 e. The highest BCUT2D eigenvalue weighted by atomic mass is 32.2. The molecule has 0 aromatic carbocycles. The van der Waals surface area contributed by atoms with Crippen LogP contribution in [-0.2, 0) is 4.79 Å². The third kappa shape index (κ3) is 4.30. The number of hydrogen-bond acceptors (Lipinski definition) is 3. The number of carbonyl (C=O) groups excluding carboxylic acids is 1. The second kappa shape index (κ2) is 7.03. The summed E-state index contributed by atoms with van der Waals surface area (Å²) < 4.78 is 0. The van der Waals surface area contributed by atoms with E-state index in [1.165, 1.54) is 0 Å². The average molecular weight is 284 g/mol. The number of aliphatic imine (C=N–C) groups is 1. The predicted octanol–water partition coefficient (Wildman–Crippen LogP) is 0.642. The topological polar surface area (TPSA) is 84.7 Å². The Bertz CT molecular complexity index is 334. The molecule has 108 valence electrons. The molecule has 0 unspecified atom stereocenters. The van der Waals surface area contributed by atoms with E-state index in [0.29, 0.717) is 11.9 Å². The van der Waals surface area contributed by atoms with Gasteiger partial charge in [-0.25, -0.2) is 0 Å². The van der Waals surface area contributed by atoms with Crippen LogP contribution in [0.3, 0.4) is 0 Å². The van der Waals surface area contributed by atoms with Crippen molar-refractivity contribution in [3.8, 4) is 0 Å². The maximum Gasteiger partial charge on any atom is 0.220 e. The number of primary amides is 1. The molecule has 2 aliphatic rings. The van der Waals surface area contributed by atoms with Crippen molar-refractivity contribution in [3.63, 3.8) is 0 Å². The first-order valence-electron chi connectivity index (χ1n) is 7.08. The lowest BCUT2D eigenvalue weighted by Gasteiger charge is -2.28. The SMILES string of the molecule is NC(=O)C1CCC(CN=C(N)N2CCSCC2)CC1. The van der Waals surface area contributed by atoms with Crippen LogP contribution in [0, 0.1) is 11.8 Å². The van der Waals surface area contributed by atoms with Crippen molar-refractivity contribution in [2.45, 2.75) is 25.7 Å². The van der Waals surface area contributed by atoms with E-state index < -0.39 is 0 Å². The zero-order valence-electron chi connectivity index (χ0n) is 11.4. The van der Waals surface area contributed by atoms with Crippen LogP contribution in [0.2, 0.25) is 0 Å². The van der Waals surface area contributed by atoms with Gasteiger partial charge in [0.2, 0.25) is 5.91 Å². The Hall–Kier alpha value is -0.910. The molecule has 0 spiro atoms. The van der Waals surface area contributed by atoms with Crippen LogP contribution < -0.4 is 11.5 Å². The minimum absolute atomic E-state index is 0.0803. The summed E-state index contributed by atoms with van der Waals surface area (Å²) in [5.41, 5.74) is 11.4. The second-order valence-electron chi connectivity index (χ2n) is 5.42. The zero-order chi connectivity index (χ0) is 13.7. The Morgan fingerprint density at radius 3 is 2.37 bits per heavy atom. The lowest BCUT2D eigenvalue weighted by Crippen LogP contribution is -2.43. The Morgan fingerprint density at radius 2 is 1.79 bits per heavy atom. The third-order valence-electron chi connectivity index (χ3n) is 4.10. The average Bonchev–Trinajstić information content (AvgIpc) is 2.46. The number of rotatable bonds is 3. The molecule has 1 heterocycles.